The molecule has 1 fully saturated rings. The van der Waals surface area contributed by atoms with Crippen LogP contribution in [0.15, 0.2) is 6.33 Å². The van der Waals surface area contributed by atoms with Crippen LogP contribution in [0.4, 0.5) is 5.82 Å². The molecule has 0 spiro atoms. The van der Waals surface area contributed by atoms with Crippen LogP contribution in [0.1, 0.15) is 5.56 Å². The fraction of sp³-hybridized carbons (Fsp3) is 0.600. The second kappa shape index (κ2) is 4.95. The van der Waals surface area contributed by atoms with Gasteiger partial charge in [0.25, 0.3) is 0 Å². The average molecular weight is 243 g/mol. The zero-order chi connectivity index (χ0) is 11.5. The molecule has 0 aliphatic carbocycles. The molecular formula is C10H15ClN4O. The molecule has 16 heavy (non-hydrogen) atoms. The van der Waals surface area contributed by atoms with Crippen molar-refractivity contribution in [2.75, 3.05) is 38.1 Å². The molecule has 2 rings (SSSR count). The van der Waals surface area contributed by atoms with Crippen molar-refractivity contribution in [2.45, 2.75) is 6.61 Å². The Balaban J connectivity index is 2.23. The van der Waals surface area contributed by atoms with Crippen LogP contribution in [-0.4, -0.2) is 53.2 Å². The van der Waals surface area contributed by atoms with Crippen molar-refractivity contribution in [3.8, 4) is 0 Å². The van der Waals surface area contributed by atoms with E-state index in [0.29, 0.717) is 10.7 Å². The van der Waals surface area contributed by atoms with Crippen molar-refractivity contribution in [3.63, 3.8) is 0 Å². The van der Waals surface area contributed by atoms with Gasteiger partial charge in [-0.3, -0.25) is 0 Å². The molecule has 1 N–H and O–H groups in total. The molecule has 1 saturated heterocycles. The first kappa shape index (κ1) is 11.6. The maximum atomic E-state index is 9.28. The first-order valence-electron chi connectivity index (χ1n) is 5.26. The molecule has 5 nitrogen and oxygen atoms in total. The number of hydrogen-bond donors (Lipinski definition) is 1. The Bertz CT molecular complexity index is 366. The molecule has 0 bridgehead atoms. The molecule has 0 unspecified atom stereocenters. The highest BCUT2D eigenvalue weighted by Gasteiger charge is 2.19. The van der Waals surface area contributed by atoms with Crippen LogP contribution in [0.25, 0.3) is 0 Å². The second-order valence-corrected chi connectivity index (χ2v) is 4.27. The summed E-state index contributed by atoms with van der Waals surface area (Å²) in [5.74, 6) is 0.760. The third-order valence-electron chi connectivity index (χ3n) is 2.83. The highest BCUT2D eigenvalue weighted by atomic mass is 35.5. The number of nitrogens with zero attached hydrogens (tertiary/aromatic N) is 4. The van der Waals surface area contributed by atoms with Gasteiger partial charge in [-0.1, -0.05) is 11.6 Å². The third-order valence-corrected chi connectivity index (χ3v) is 3.16. The molecule has 6 heteroatoms. The van der Waals surface area contributed by atoms with Crippen molar-refractivity contribution in [2.24, 2.45) is 0 Å². The van der Waals surface area contributed by atoms with Crippen molar-refractivity contribution < 1.29 is 5.11 Å². The topological polar surface area (TPSA) is 52.5 Å². The molecule has 0 aromatic carbocycles. The van der Waals surface area contributed by atoms with Gasteiger partial charge in [0.05, 0.1) is 12.2 Å². The molecule has 1 aliphatic heterocycles. The van der Waals surface area contributed by atoms with Crippen LogP contribution < -0.4 is 4.90 Å². The minimum Gasteiger partial charge on any atom is -0.391 e. The normalized spacial score (nSPS) is 17.8. The van der Waals surface area contributed by atoms with E-state index < -0.39 is 0 Å². The molecule has 0 saturated carbocycles. The second-order valence-electron chi connectivity index (χ2n) is 3.92. The van der Waals surface area contributed by atoms with E-state index in [1.54, 1.807) is 0 Å². The van der Waals surface area contributed by atoms with E-state index in [4.69, 9.17) is 11.6 Å². The van der Waals surface area contributed by atoms with Gasteiger partial charge in [0.2, 0.25) is 0 Å². The largest absolute Gasteiger partial charge is 0.391 e. The van der Waals surface area contributed by atoms with Gasteiger partial charge in [-0.25, -0.2) is 9.97 Å². The smallest absolute Gasteiger partial charge is 0.140 e. The maximum Gasteiger partial charge on any atom is 0.140 e. The first-order valence-corrected chi connectivity index (χ1v) is 5.64. The van der Waals surface area contributed by atoms with Crippen molar-refractivity contribution in [1.82, 2.24) is 14.9 Å². The van der Waals surface area contributed by atoms with Crippen molar-refractivity contribution >= 4 is 17.4 Å². The van der Waals surface area contributed by atoms with Crippen molar-refractivity contribution in [1.29, 1.82) is 0 Å². The predicted molar refractivity (Wildman–Crippen MR) is 62.7 cm³/mol. The van der Waals surface area contributed by atoms with Gasteiger partial charge < -0.3 is 14.9 Å². The van der Waals surface area contributed by atoms with Crippen LogP contribution in [0.2, 0.25) is 5.15 Å². The van der Waals surface area contributed by atoms with E-state index in [9.17, 15) is 5.11 Å². The van der Waals surface area contributed by atoms with Gasteiger partial charge in [0.1, 0.15) is 17.3 Å². The standard InChI is InChI=1S/C10H15ClN4O/c1-14-2-4-15(5-3-14)10-8(6-16)9(11)12-7-13-10/h7,16H,2-6H2,1H3. The molecule has 88 valence electrons. The van der Waals surface area contributed by atoms with E-state index in [1.165, 1.54) is 6.33 Å². The SMILES string of the molecule is CN1CCN(c2ncnc(Cl)c2CO)CC1. The van der Waals surface area contributed by atoms with Gasteiger partial charge in [0, 0.05) is 26.2 Å². The number of halogens is 1. The first-order chi connectivity index (χ1) is 7.72. The number of aliphatic hydroxyl groups is 1. The van der Waals surface area contributed by atoms with Crippen LogP contribution in [-0.2, 0) is 6.61 Å². The lowest BCUT2D eigenvalue weighted by Crippen LogP contribution is -2.45. The van der Waals surface area contributed by atoms with Gasteiger partial charge in [-0.2, -0.15) is 0 Å². The Morgan fingerprint density at radius 3 is 2.62 bits per heavy atom. The molecule has 1 aromatic heterocycles. The molecule has 1 aromatic rings. The molecule has 1 aliphatic rings. The number of likely N-dealkylation sites (N-methyl/N-ethyl adjacent to an activating group) is 1. The minimum atomic E-state index is -0.124. The van der Waals surface area contributed by atoms with E-state index in [0.717, 1.165) is 32.0 Å². The fourth-order valence-electron chi connectivity index (χ4n) is 1.81. The maximum absolute atomic E-state index is 9.28. The van der Waals surface area contributed by atoms with Crippen LogP contribution >= 0.6 is 11.6 Å². The number of aliphatic hydroxyl groups excluding tert-OH is 1. The number of aromatic nitrogens is 2. The Labute approximate surface area is 99.7 Å². The van der Waals surface area contributed by atoms with Gasteiger partial charge in [0.15, 0.2) is 0 Å². The summed E-state index contributed by atoms with van der Waals surface area (Å²) in [4.78, 5) is 12.5. The molecule has 2 heterocycles. The van der Waals surface area contributed by atoms with E-state index in [2.05, 4.69) is 26.8 Å². The summed E-state index contributed by atoms with van der Waals surface area (Å²) in [5.41, 5.74) is 0.619. The summed E-state index contributed by atoms with van der Waals surface area (Å²) in [5, 5.41) is 9.62. The number of rotatable bonds is 2. The summed E-state index contributed by atoms with van der Waals surface area (Å²) < 4.78 is 0. The quantitative estimate of drug-likeness (QED) is 0.760. The van der Waals surface area contributed by atoms with Gasteiger partial charge in [-0.05, 0) is 7.05 Å². The summed E-state index contributed by atoms with van der Waals surface area (Å²) >= 11 is 5.93. The predicted octanol–water partition coefficient (Wildman–Crippen LogP) is 0.374. The fourth-order valence-corrected chi connectivity index (χ4v) is 2.00. The zero-order valence-corrected chi connectivity index (χ0v) is 9.98. The van der Waals surface area contributed by atoms with Crippen molar-refractivity contribution in [3.05, 3.63) is 17.0 Å². The van der Waals surface area contributed by atoms with Crippen LogP contribution in [0, 0.1) is 0 Å². The lowest BCUT2D eigenvalue weighted by atomic mass is 10.2. The van der Waals surface area contributed by atoms with E-state index in [1.807, 2.05) is 0 Å². The third kappa shape index (κ3) is 2.26. The Kier molecular flexibility index (Phi) is 3.58. The van der Waals surface area contributed by atoms with Gasteiger partial charge in [-0.15, -0.1) is 0 Å². The molecule has 0 radical (unpaired) electrons. The molecule has 0 amide bonds. The Hall–Kier alpha value is -0.910. The summed E-state index contributed by atoms with van der Waals surface area (Å²) in [6, 6.07) is 0. The number of piperazine rings is 1. The van der Waals surface area contributed by atoms with E-state index in [-0.39, 0.29) is 6.61 Å². The minimum absolute atomic E-state index is 0.124. The molecule has 0 atom stereocenters. The van der Waals surface area contributed by atoms with E-state index >= 15 is 0 Å². The summed E-state index contributed by atoms with van der Waals surface area (Å²) in [6.45, 7) is 3.66. The van der Waals surface area contributed by atoms with Gasteiger partial charge >= 0.3 is 0 Å². The average Bonchev–Trinajstić information content (AvgIpc) is 2.30. The van der Waals surface area contributed by atoms with Crippen LogP contribution in [0.5, 0.6) is 0 Å². The summed E-state index contributed by atoms with van der Waals surface area (Å²) in [6.07, 6.45) is 1.44. The zero-order valence-electron chi connectivity index (χ0n) is 9.23. The lowest BCUT2D eigenvalue weighted by Gasteiger charge is -2.34. The number of hydrogen-bond acceptors (Lipinski definition) is 5. The highest BCUT2D eigenvalue weighted by Crippen LogP contribution is 2.23. The Morgan fingerprint density at radius 1 is 1.31 bits per heavy atom. The Morgan fingerprint density at radius 2 is 2.00 bits per heavy atom. The lowest BCUT2D eigenvalue weighted by molar-refractivity contribution is 0.279. The highest BCUT2D eigenvalue weighted by molar-refractivity contribution is 6.30. The summed E-state index contributed by atoms with van der Waals surface area (Å²) in [7, 11) is 2.09. The van der Waals surface area contributed by atoms with Crippen LogP contribution in [0.3, 0.4) is 0 Å². The monoisotopic (exact) mass is 242 g/mol. The number of anilines is 1. The molecular weight excluding hydrogens is 228 g/mol.